The Labute approximate surface area is 158 Å². The van der Waals surface area contributed by atoms with Crippen LogP contribution in [0, 0.1) is 5.82 Å². The number of benzene rings is 2. The summed E-state index contributed by atoms with van der Waals surface area (Å²) >= 11 is 0. The number of sulfonamides is 1. The minimum absolute atomic E-state index is 0.0315. The van der Waals surface area contributed by atoms with E-state index in [0.717, 1.165) is 0 Å². The lowest BCUT2D eigenvalue weighted by atomic mass is 10.2. The van der Waals surface area contributed by atoms with Gasteiger partial charge in [-0.15, -0.1) is 0 Å². The third-order valence-electron chi connectivity index (χ3n) is 4.03. The lowest BCUT2D eigenvalue weighted by Gasteiger charge is -2.24. The van der Waals surface area contributed by atoms with Gasteiger partial charge in [-0.3, -0.25) is 9.69 Å². The molecule has 2 rings (SSSR count). The Morgan fingerprint density at radius 3 is 2.44 bits per heavy atom. The van der Waals surface area contributed by atoms with Gasteiger partial charge in [0, 0.05) is 12.2 Å². The number of hydrogen-bond donors (Lipinski definition) is 2. The number of nitrogens with zero attached hydrogens (tertiary/aromatic N) is 1. The first-order chi connectivity index (χ1) is 12.7. The average Bonchev–Trinajstić information content (AvgIpc) is 2.62. The zero-order chi connectivity index (χ0) is 20.0. The van der Waals surface area contributed by atoms with Gasteiger partial charge < -0.3 is 10.1 Å². The number of anilines is 1. The summed E-state index contributed by atoms with van der Waals surface area (Å²) < 4.78 is 41.4. The van der Waals surface area contributed by atoms with Gasteiger partial charge in [0.05, 0.1) is 10.9 Å². The summed E-state index contributed by atoms with van der Waals surface area (Å²) in [6.45, 7) is 2.35. The number of ether oxygens (including phenoxy) is 1. The van der Waals surface area contributed by atoms with E-state index >= 15 is 0 Å². The van der Waals surface area contributed by atoms with Crippen molar-refractivity contribution >= 4 is 21.6 Å². The molecule has 0 saturated heterocycles. The molecule has 0 aromatic heterocycles. The van der Waals surface area contributed by atoms with E-state index in [1.807, 2.05) is 0 Å². The molecule has 0 fully saturated rings. The second-order valence-electron chi connectivity index (χ2n) is 5.99. The zero-order valence-corrected chi connectivity index (χ0v) is 15.9. The number of likely N-dealkylation sites (N-methyl/N-ethyl adjacent to an activating group) is 1. The fourth-order valence-corrected chi connectivity index (χ4v) is 2.75. The standard InChI is InChI=1S/C18H22FN3O4S/c1-13(22(2)11-12-26-17-6-4-3-5-16(17)19)18(23)21-14-7-9-15(10-8-14)27(20,24)25/h3-10,13H,11-12H2,1-2H3,(H,21,23)(H2,20,24,25)/t13-/m0/s1. The molecule has 0 aliphatic heterocycles. The van der Waals surface area contributed by atoms with Crippen LogP contribution in [0.2, 0.25) is 0 Å². The minimum Gasteiger partial charge on any atom is -0.489 e. The number of carbonyl (C=O) groups excluding carboxylic acids is 1. The van der Waals surface area contributed by atoms with E-state index in [0.29, 0.717) is 12.2 Å². The van der Waals surface area contributed by atoms with Gasteiger partial charge in [-0.2, -0.15) is 0 Å². The molecule has 146 valence electrons. The molecule has 0 unspecified atom stereocenters. The predicted octanol–water partition coefficient (Wildman–Crippen LogP) is 1.81. The Morgan fingerprint density at radius 2 is 1.85 bits per heavy atom. The van der Waals surface area contributed by atoms with Crippen LogP contribution in [0.3, 0.4) is 0 Å². The smallest absolute Gasteiger partial charge is 0.241 e. The quantitative estimate of drug-likeness (QED) is 0.710. The summed E-state index contributed by atoms with van der Waals surface area (Å²) in [7, 11) is -2.03. The summed E-state index contributed by atoms with van der Waals surface area (Å²) in [4.78, 5) is 14.1. The summed E-state index contributed by atoms with van der Waals surface area (Å²) in [5.74, 6) is -0.543. The molecule has 0 aliphatic rings. The van der Waals surface area contributed by atoms with Crippen LogP contribution in [0.1, 0.15) is 6.92 Å². The first-order valence-electron chi connectivity index (χ1n) is 8.20. The Bertz CT molecular complexity index is 888. The topological polar surface area (TPSA) is 102 Å². The highest BCUT2D eigenvalue weighted by atomic mass is 32.2. The third-order valence-corrected chi connectivity index (χ3v) is 4.96. The van der Waals surface area contributed by atoms with Gasteiger partial charge in [-0.05, 0) is 50.4 Å². The number of nitrogens with one attached hydrogen (secondary N) is 1. The zero-order valence-electron chi connectivity index (χ0n) is 15.1. The van der Waals surface area contributed by atoms with Crippen molar-refractivity contribution in [3.63, 3.8) is 0 Å². The molecule has 2 aromatic rings. The Kier molecular flexibility index (Phi) is 6.89. The number of para-hydroxylation sites is 1. The molecular formula is C18H22FN3O4S. The van der Waals surface area contributed by atoms with E-state index in [4.69, 9.17) is 9.88 Å². The van der Waals surface area contributed by atoms with Crippen LogP contribution in [0.4, 0.5) is 10.1 Å². The highest BCUT2D eigenvalue weighted by molar-refractivity contribution is 7.89. The van der Waals surface area contributed by atoms with E-state index in [1.165, 1.54) is 36.4 Å². The lowest BCUT2D eigenvalue weighted by Crippen LogP contribution is -2.41. The lowest BCUT2D eigenvalue weighted by molar-refractivity contribution is -0.120. The van der Waals surface area contributed by atoms with E-state index in [9.17, 15) is 17.6 Å². The number of rotatable bonds is 8. The summed E-state index contributed by atoms with van der Waals surface area (Å²) in [6.07, 6.45) is 0. The molecule has 0 radical (unpaired) electrons. The van der Waals surface area contributed by atoms with Gasteiger partial charge in [-0.1, -0.05) is 12.1 Å². The van der Waals surface area contributed by atoms with Crippen molar-refractivity contribution in [2.75, 3.05) is 25.5 Å². The highest BCUT2D eigenvalue weighted by Gasteiger charge is 2.18. The molecule has 2 aromatic carbocycles. The van der Waals surface area contributed by atoms with E-state index < -0.39 is 21.9 Å². The van der Waals surface area contributed by atoms with Crippen LogP contribution in [0.25, 0.3) is 0 Å². The van der Waals surface area contributed by atoms with E-state index in [1.54, 1.807) is 31.0 Å². The van der Waals surface area contributed by atoms with Crippen molar-refractivity contribution in [3.8, 4) is 5.75 Å². The van der Waals surface area contributed by atoms with E-state index in [-0.39, 0.29) is 23.2 Å². The van der Waals surface area contributed by atoms with Gasteiger partial charge in [-0.25, -0.2) is 17.9 Å². The summed E-state index contributed by atoms with van der Waals surface area (Å²) in [5.41, 5.74) is 0.454. The molecule has 1 amide bonds. The number of halogens is 1. The number of nitrogens with two attached hydrogens (primary N) is 1. The molecule has 27 heavy (non-hydrogen) atoms. The molecule has 3 N–H and O–H groups in total. The summed E-state index contributed by atoms with van der Waals surface area (Å²) in [5, 5.41) is 7.74. The molecular weight excluding hydrogens is 373 g/mol. The predicted molar refractivity (Wildman–Crippen MR) is 100 cm³/mol. The Hall–Kier alpha value is -2.49. The van der Waals surface area contributed by atoms with Crippen molar-refractivity contribution in [3.05, 3.63) is 54.3 Å². The number of carbonyl (C=O) groups is 1. The van der Waals surface area contributed by atoms with Crippen LogP contribution >= 0.6 is 0 Å². The Balaban J connectivity index is 1.85. The molecule has 1 atom stereocenters. The number of amides is 1. The molecule has 0 spiro atoms. The fraction of sp³-hybridized carbons (Fsp3) is 0.278. The van der Waals surface area contributed by atoms with Gasteiger partial charge >= 0.3 is 0 Å². The van der Waals surface area contributed by atoms with Crippen LogP contribution in [-0.2, 0) is 14.8 Å². The maximum absolute atomic E-state index is 13.5. The fourth-order valence-electron chi connectivity index (χ4n) is 2.23. The molecule has 7 nitrogen and oxygen atoms in total. The van der Waals surface area contributed by atoms with Crippen molar-refractivity contribution in [2.24, 2.45) is 5.14 Å². The molecule has 0 aliphatic carbocycles. The van der Waals surface area contributed by atoms with Gasteiger partial charge in [0.1, 0.15) is 6.61 Å². The Morgan fingerprint density at radius 1 is 1.22 bits per heavy atom. The van der Waals surface area contributed by atoms with E-state index in [2.05, 4.69) is 5.32 Å². The molecule has 0 heterocycles. The normalized spacial score (nSPS) is 12.6. The van der Waals surface area contributed by atoms with Crippen LogP contribution in [0.15, 0.2) is 53.4 Å². The SMILES string of the molecule is C[C@@H](C(=O)Nc1ccc(S(N)(=O)=O)cc1)N(C)CCOc1ccccc1F. The van der Waals surface area contributed by atoms with Gasteiger partial charge in [0.2, 0.25) is 15.9 Å². The second kappa shape index (κ2) is 8.94. The monoisotopic (exact) mass is 395 g/mol. The maximum atomic E-state index is 13.5. The third kappa shape index (κ3) is 6.02. The first-order valence-corrected chi connectivity index (χ1v) is 9.74. The first kappa shape index (κ1) is 20.8. The molecule has 0 bridgehead atoms. The number of primary sulfonamides is 1. The van der Waals surface area contributed by atoms with Crippen LogP contribution in [0.5, 0.6) is 5.75 Å². The van der Waals surface area contributed by atoms with Crippen molar-refractivity contribution < 1.29 is 22.3 Å². The van der Waals surface area contributed by atoms with Crippen molar-refractivity contribution in [2.45, 2.75) is 17.9 Å². The van der Waals surface area contributed by atoms with Crippen LogP contribution < -0.4 is 15.2 Å². The number of hydrogen-bond acceptors (Lipinski definition) is 5. The average molecular weight is 395 g/mol. The van der Waals surface area contributed by atoms with Gasteiger partial charge in [0.25, 0.3) is 0 Å². The van der Waals surface area contributed by atoms with Gasteiger partial charge in [0.15, 0.2) is 11.6 Å². The van der Waals surface area contributed by atoms with Crippen molar-refractivity contribution in [1.82, 2.24) is 4.90 Å². The maximum Gasteiger partial charge on any atom is 0.241 e. The largest absolute Gasteiger partial charge is 0.489 e. The molecule has 9 heteroatoms. The van der Waals surface area contributed by atoms with Crippen LogP contribution in [-0.4, -0.2) is 45.5 Å². The highest BCUT2D eigenvalue weighted by Crippen LogP contribution is 2.16. The van der Waals surface area contributed by atoms with Crippen molar-refractivity contribution in [1.29, 1.82) is 0 Å². The second-order valence-corrected chi connectivity index (χ2v) is 7.56. The summed E-state index contributed by atoms with van der Waals surface area (Å²) in [6, 6.07) is 11.2. The minimum atomic E-state index is -3.78. The molecule has 0 saturated carbocycles.